The molecule has 202 valence electrons. The van der Waals surface area contributed by atoms with Gasteiger partial charge in [-0.3, -0.25) is 0 Å². The van der Waals surface area contributed by atoms with Gasteiger partial charge in [-0.2, -0.15) is 65.9 Å². The zero-order valence-electron chi connectivity index (χ0n) is 15.7. The highest BCUT2D eigenvalue weighted by molar-refractivity contribution is 6.17. The van der Waals surface area contributed by atoms with Crippen LogP contribution in [0, 0.1) is 0 Å². The Kier molecular flexibility index (Phi) is 8.00. The lowest BCUT2D eigenvalue weighted by Crippen LogP contribution is -2.67. The summed E-state index contributed by atoms with van der Waals surface area (Å²) in [6.07, 6.45) is -39.4. The molecular formula is C16H6ClF17O. The van der Waals surface area contributed by atoms with E-state index >= 15 is 0 Å². The normalized spacial score (nSPS) is 14.7. The standard InChI is InChI=1S/C16H6ClF17O/c17-5-6-1-3-7(4-2-6)35-9(12(20,21)22)8(10(18,13(23,24)25)14(26,27)28)11(19,15(29,30)31)16(32,33)34/h1-4H,5H2. The number of alkyl halides is 18. The molecule has 0 saturated carbocycles. The van der Waals surface area contributed by atoms with Crippen molar-refractivity contribution in [1.82, 2.24) is 0 Å². The van der Waals surface area contributed by atoms with Gasteiger partial charge in [0, 0.05) is 5.88 Å². The van der Waals surface area contributed by atoms with Crippen molar-refractivity contribution in [2.75, 3.05) is 0 Å². The molecule has 0 unspecified atom stereocenters. The minimum absolute atomic E-state index is 0.0485. The second-order valence-corrected chi connectivity index (χ2v) is 6.66. The Morgan fingerprint density at radius 1 is 0.571 bits per heavy atom. The van der Waals surface area contributed by atoms with Gasteiger partial charge in [0.2, 0.25) is 5.76 Å². The molecule has 1 rings (SSSR count). The highest BCUT2D eigenvalue weighted by Crippen LogP contribution is 2.63. The predicted molar refractivity (Wildman–Crippen MR) is 81.6 cm³/mol. The van der Waals surface area contributed by atoms with E-state index in [1.165, 1.54) is 0 Å². The molecule has 19 heteroatoms. The number of rotatable bonds is 5. The third kappa shape index (κ3) is 5.50. The fourth-order valence-electron chi connectivity index (χ4n) is 2.45. The van der Waals surface area contributed by atoms with Crippen molar-refractivity contribution in [2.45, 2.75) is 48.1 Å². The van der Waals surface area contributed by atoms with E-state index in [-0.39, 0.29) is 17.7 Å². The summed E-state index contributed by atoms with van der Waals surface area (Å²) in [5.41, 5.74) is -22.0. The van der Waals surface area contributed by atoms with Crippen LogP contribution in [-0.2, 0) is 5.88 Å². The molecule has 0 atom stereocenters. The second kappa shape index (κ2) is 9.06. The zero-order chi connectivity index (χ0) is 28.1. The molecule has 0 fully saturated rings. The lowest BCUT2D eigenvalue weighted by atomic mass is 9.79. The molecule has 1 aromatic rings. The molecule has 0 N–H and O–H groups in total. The summed E-state index contributed by atoms with van der Waals surface area (Å²) >= 11 is 5.30. The van der Waals surface area contributed by atoms with Gasteiger partial charge in [-0.25, -0.2) is 8.78 Å². The van der Waals surface area contributed by atoms with E-state index in [0.29, 0.717) is 12.1 Å². The minimum atomic E-state index is -8.21. The van der Waals surface area contributed by atoms with Crippen molar-refractivity contribution in [3.8, 4) is 5.75 Å². The first kappa shape index (κ1) is 30.9. The zero-order valence-corrected chi connectivity index (χ0v) is 16.5. The van der Waals surface area contributed by atoms with Gasteiger partial charge in [-0.05, 0) is 17.7 Å². The molecule has 0 aliphatic carbocycles. The first-order valence-corrected chi connectivity index (χ1v) is 8.60. The number of ether oxygens (including phenoxy) is 1. The lowest BCUT2D eigenvalue weighted by Gasteiger charge is -2.41. The topological polar surface area (TPSA) is 9.23 Å². The Hall–Kier alpha value is -2.14. The number of hydrogen-bond acceptors (Lipinski definition) is 1. The maximum atomic E-state index is 14.5. The van der Waals surface area contributed by atoms with Crippen molar-refractivity contribution >= 4 is 11.6 Å². The van der Waals surface area contributed by atoms with Crippen LogP contribution in [0.15, 0.2) is 35.6 Å². The summed E-state index contributed by atoms with van der Waals surface area (Å²) in [4.78, 5) is 0. The van der Waals surface area contributed by atoms with Gasteiger partial charge < -0.3 is 4.74 Å². The van der Waals surface area contributed by atoms with E-state index in [9.17, 15) is 74.6 Å². The maximum Gasteiger partial charge on any atom is 0.449 e. The number of halogens is 18. The third-order valence-corrected chi connectivity index (χ3v) is 4.34. The Labute approximate surface area is 187 Å². The van der Waals surface area contributed by atoms with Crippen LogP contribution in [0.2, 0.25) is 0 Å². The fraction of sp³-hybridized carbons (Fsp3) is 0.500. The fourth-order valence-corrected chi connectivity index (χ4v) is 2.63. The summed E-state index contributed by atoms with van der Waals surface area (Å²) in [6.45, 7) is 0. The molecule has 0 bridgehead atoms. The maximum absolute atomic E-state index is 14.5. The van der Waals surface area contributed by atoms with Gasteiger partial charge in [-0.15, -0.1) is 11.6 Å². The quantitative estimate of drug-likeness (QED) is 0.196. The summed E-state index contributed by atoms with van der Waals surface area (Å²) < 4.78 is 230. The van der Waals surface area contributed by atoms with Gasteiger partial charge in [0.25, 0.3) is 0 Å². The number of benzene rings is 1. The first-order chi connectivity index (χ1) is 15.3. The van der Waals surface area contributed by atoms with Crippen molar-refractivity contribution in [3.05, 3.63) is 41.2 Å². The summed E-state index contributed by atoms with van der Waals surface area (Å²) in [6, 6.07) is 1.65. The van der Waals surface area contributed by atoms with E-state index < -0.39 is 65.2 Å². The Bertz CT molecular complexity index is 846. The van der Waals surface area contributed by atoms with Crippen molar-refractivity contribution in [3.63, 3.8) is 0 Å². The summed E-state index contributed by atoms with van der Waals surface area (Å²) in [7, 11) is 0. The SMILES string of the molecule is FC(F)(F)C(Oc1ccc(CCl)cc1)=C(C(F)(C(F)(F)F)C(F)(F)F)C(F)(C(F)(F)F)C(F)(F)F. The molecule has 0 saturated heterocycles. The van der Waals surface area contributed by atoms with Gasteiger partial charge >= 0.3 is 42.2 Å². The van der Waals surface area contributed by atoms with E-state index in [0.717, 1.165) is 0 Å². The van der Waals surface area contributed by atoms with Gasteiger partial charge in [0.1, 0.15) is 5.75 Å². The molecule has 1 nitrogen and oxygen atoms in total. The molecule has 0 amide bonds. The van der Waals surface area contributed by atoms with Gasteiger partial charge in [0.15, 0.2) is 0 Å². The van der Waals surface area contributed by atoms with Crippen molar-refractivity contribution in [1.29, 1.82) is 0 Å². The smallest absolute Gasteiger partial charge is 0.449 e. The van der Waals surface area contributed by atoms with Crippen molar-refractivity contribution in [2.24, 2.45) is 0 Å². The van der Waals surface area contributed by atoms with Gasteiger partial charge in [-0.1, -0.05) is 12.1 Å². The Morgan fingerprint density at radius 2 is 0.886 bits per heavy atom. The predicted octanol–water partition coefficient (Wildman–Crippen LogP) is 8.29. The molecule has 0 spiro atoms. The Morgan fingerprint density at radius 3 is 1.11 bits per heavy atom. The molecule has 0 heterocycles. The molecule has 0 aliphatic heterocycles. The van der Waals surface area contributed by atoms with Crippen LogP contribution in [0.5, 0.6) is 5.75 Å². The van der Waals surface area contributed by atoms with Crippen LogP contribution in [-0.4, -0.2) is 42.2 Å². The van der Waals surface area contributed by atoms with Gasteiger partial charge in [0.05, 0.1) is 5.57 Å². The van der Waals surface area contributed by atoms with Crippen LogP contribution in [0.1, 0.15) is 5.56 Å². The molecule has 1 aromatic carbocycles. The molecule has 0 aromatic heterocycles. The highest BCUT2D eigenvalue weighted by atomic mass is 35.5. The average molecular weight is 573 g/mol. The number of allylic oxidation sites excluding steroid dienone is 2. The average Bonchev–Trinajstić information content (AvgIpc) is 2.63. The van der Waals surface area contributed by atoms with E-state index in [2.05, 4.69) is 4.74 Å². The second-order valence-electron chi connectivity index (χ2n) is 6.39. The minimum Gasteiger partial charge on any atom is -0.452 e. The van der Waals surface area contributed by atoms with Crippen LogP contribution in [0.25, 0.3) is 0 Å². The molecule has 35 heavy (non-hydrogen) atoms. The van der Waals surface area contributed by atoms with Crippen LogP contribution >= 0.6 is 11.6 Å². The van der Waals surface area contributed by atoms with E-state index in [1.54, 1.807) is 0 Å². The largest absolute Gasteiger partial charge is 0.452 e. The highest BCUT2D eigenvalue weighted by Gasteiger charge is 2.88. The lowest BCUT2D eigenvalue weighted by molar-refractivity contribution is -0.365. The third-order valence-electron chi connectivity index (χ3n) is 4.03. The molecule has 0 radical (unpaired) electrons. The monoisotopic (exact) mass is 572 g/mol. The van der Waals surface area contributed by atoms with E-state index in [4.69, 9.17) is 11.6 Å². The molecular weight excluding hydrogens is 567 g/mol. The number of hydrogen-bond donors (Lipinski definition) is 0. The molecule has 0 aliphatic rings. The van der Waals surface area contributed by atoms with Crippen LogP contribution in [0.4, 0.5) is 74.6 Å². The summed E-state index contributed by atoms with van der Waals surface area (Å²) in [5.74, 6) is -6.62. The summed E-state index contributed by atoms with van der Waals surface area (Å²) in [5, 5.41) is 0. The Balaban J connectivity index is 4.44. The van der Waals surface area contributed by atoms with E-state index in [1.807, 2.05) is 0 Å². The first-order valence-electron chi connectivity index (χ1n) is 8.06. The van der Waals surface area contributed by atoms with Crippen LogP contribution < -0.4 is 4.74 Å². The van der Waals surface area contributed by atoms with Crippen molar-refractivity contribution < 1.29 is 79.4 Å². The van der Waals surface area contributed by atoms with Crippen LogP contribution in [0.3, 0.4) is 0 Å².